The number of nitrogens with zero attached hydrogens (tertiary/aromatic N) is 14. The molecule has 20 nitrogen and oxygen atoms in total. The van der Waals surface area contributed by atoms with Crippen LogP contribution in [0.3, 0.4) is 0 Å². The molecule has 0 saturated carbocycles. The Kier molecular flexibility index (Phi) is 18.6. The number of rotatable bonds is 11. The van der Waals surface area contributed by atoms with Gasteiger partial charge in [0.25, 0.3) is 5.69 Å². The number of azide groups is 1. The van der Waals surface area contributed by atoms with Gasteiger partial charge < -0.3 is 30.8 Å². The summed E-state index contributed by atoms with van der Waals surface area (Å²) in [5.74, 6) is 0.933. The van der Waals surface area contributed by atoms with Gasteiger partial charge in [0.15, 0.2) is 0 Å². The van der Waals surface area contributed by atoms with Gasteiger partial charge in [-0.25, -0.2) is 9.97 Å². The molecule has 6 aromatic carbocycles. The third kappa shape index (κ3) is 13.8. The molecular formula is C56H60FN16NaO4. The molecule has 396 valence electrons. The van der Waals surface area contributed by atoms with Gasteiger partial charge in [-0.3, -0.25) is 34.9 Å². The Labute approximate surface area is 472 Å². The number of fused-ring (bicyclic) bond motifs is 2. The Balaban J connectivity index is 0.000000213. The summed E-state index contributed by atoms with van der Waals surface area (Å²) in [5.41, 5.74) is 34.3. The van der Waals surface area contributed by atoms with Crippen LogP contribution in [-0.2, 0) is 23.9 Å². The van der Waals surface area contributed by atoms with Crippen molar-refractivity contribution >= 4 is 50.5 Å². The van der Waals surface area contributed by atoms with E-state index >= 15 is 0 Å². The van der Waals surface area contributed by atoms with E-state index in [4.69, 9.17) is 26.6 Å². The minimum Gasteiger partial charge on any atom is -0.373 e. The quantitative estimate of drug-likeness (QED) is 0.0309. The van der Waals surface area contributed by atoms with Crippen molar-refractivity contribution < 1.29 is 43.8 Å². The number of para-hydroxylation sites is 2. The largest absolute Gasteiger partial charge is 1.00 e. The van der Waals surface area contributed by atoms with Gasteiger partial charge in [-0.15, -0.1) is 0 Å². The summed E-state index contributed by atoms with van der Waals surface area (Å²) in [6, 6.07) is 38.5. The van der Waals surface area contributed by atoms with E-state index in [1.165, 1.54) is 34.2 Å². The maximum Gasteiger partial charge on any atom is 1.00 e. The van der Waals surface area contributed by atoms with Crippen LogP contribution in [0.1, 0.15) is 63.8 Å². The van der Waals surface area contributed by atoms with Gasteiger partial charge in [0.05, 0.1) is 32.3 Å². The number of benzene rings is 6. The van der Waals surface area contributed by atoms with E-state index < -0.39 is 21.4 Å². The minimum absolute atomic E-state index is 0. The predicted octanol–water partition coefficient (Wildman–Crippen LogP) is 10.5. The van der Waals surface area contributed by atoms with Crippen LogP contribution in [0.4, 0.5) is 32.8 Å². The van der Waals surface area contributed by atoms with Gasteiger partial charge in [-0.05, 0) is 75.0 Å². The van der Waals surface area contributed by atoms with Crippen LogP contribution in [0, 0.1) is 26.0 Å². The van der Waals surface area contributed by atoms with Gasteiger partial charge in [-0.2, -0.15) is 4.39 Å². The van der Waals surface area contributed by atoms with Gasteiger partial charge in [-0.1, -0.05) is 119 Å². The third-order valence-electron chi connectivity index (χ3n) is 13.9. The number of aromatic amines is 2. The number of nitrogens with one attached hydrogen (secondary N) is 2. The van der Waals surface area contributed by atoms with Crippen molar-refractivity contribution in [2.24, 2.45) is 5.11 Å². The molecule has 78 heavy (non-hydrogen) atoms. The molecule has 0 amide bonds. The summed E-state index contributed by atoms with van der Waals surface area (Å²) >= 11 is 0. The van der Waals surface area contributed by atoms with E-state index in [-0.39, 0.29) is 51.8 Å². The first kappa shape index (κ1) is 57.8. The van der Waals surface area contributed by atoms with Crippen LogP contribution < -0.4 is 39.4 Å². The summed E-state index contributed by atoms with van der Waals surface area (Å²) in [5, 5.41) is 25.6. The van der Waals surface area contributed by atoms with Crippen LogP contribution >= 0.6 is 0 Å². The SMILES string of the molecule is CC(C)(C)c1ccc(-c2nc3c(N4CCN(Cc5ccc([N+](=O)[O-])c(F)c5)CC4)cccc3[nH]2)cc1.CC(C)(C)c1ccc(-c2nc3c(N4CCN(Cc5ccc([N+](=O)[O-])c(N=[N+]=[N-])c5)CC4)cccc3[nH]2)cc1.[N-]=[N+]=[N-].[Na+]. The molecule has 0 radical (unpaired) electrons. The molecule has 2 saturated heterocycles. The first-order chi connectivity index (χ1) is 36.8. The van der Waals surface area contributed by atoms with Crippen molar-refractivity contribution in [2.45, 2.75) is 65.5 Å². The number of aromatic nitrogens is 4. The zero-order valence-electron chi connectivity index (χ0n) is 44.9. The molecule has 2 N–H and O–H groups in total. The van der Waals surface area contributed by atoms with Crippen LogP contribution in [-0.4, -0.2) is 91.9 Å². The molecule has 2 aliphatic rings. The molecule has 10 rings (SSSR count). The number of hydrogen-bond acceptors (Lipinski definition) is 11. The number of hydrogen-bond donors (Lipinski definition) is 2. The van der Waals surface area contributed by atoms with E-state index in [2.05, 4.69) is 160 Å². The van der Waals surface area contributed by atoms with Crippen LogP contribution in [0.5, 0.6) is 0 Å². The molecule has 0 unspecified atom stereocenters. The topological polar surface area (TPSA) is 264 Å². The maximum atomic E-state index is 14.0. The minimum atomic E-state index is -0.787. The second kappa shape index (κ2) is 25.1. The van der Waals surface area contributed by atoms with Crippen molar-refractivity contribution in [1.82, 2.24) is 29.7 Å². The molecule has 0 aliphatic carbocycles. The average molecular weight is 1060 g/mol. The second-order valence-electron chi connectivity index (χ2n) is 21.1. The Hall–Kier alpha value is -7.87. The van der Waals surface area contributed by atoms with Crippen LogP contribution in [0.2, 0.25) is 0 Å². The van der Waals surface area contributed by atoms with Crippen molar-refractivity contribution in [3.63, 3.8) is 0 Å². The fourth-order valence-electron chi connectivity index (χ4n) is 9.63. The maximum absolute atomic E-state index is 14.0. The molecule has 2 fully saturated rings. The number of imidazole rings is 2. The summed E-state index contributed by atoms with van der Waals surface area (Å²) < 4.78 is 14.0. The van der Waals surface area contributed by atoms with Crippen LogP contribution in [0.15, 0.2) is 126 Å². The third-order valence-corrected chi connectivity index (χ3v) is 13.9. The summed E-state index contributed by atoms with van der Waals surface area (Å²) in [6.45, 7) is 21.0. The molecule has 2 aliphatic heterocycles. The van der Waals surface area contributed by atoms with E-state index in [9.17, 15) is 24.6 Å². The summed E-state index contributed by atoms with van der Waals surface area (Å²) in [4.78, 5) is 51.2. The molecule has 8 aromatic rings. The summed E-state index contributed by atoms with van der Waals surface area (Å²) in [7, 11) is 0. The van der Waals surface area contributed by atoms with E-state index in [0.717, 1.165) is 120 Å². The summed E-state index contributed by atoms with van der Waals surface area (Å²) in [6.07, 6.45) is 0. The molecule has 4 heterocycles. The van der Waals surface area contributed by atoms with E-state index in [1.807, 2.05) is 6.07 Å². The zero-order chi connectivity index (χ0) is 55.0. The fraction of sp³-hybridized carbons (Fsp3) is 0.321. The first-order valence-corrected chi connectivity index (χ1v) is 25.2. The number of halogens is 1. The van der Waals surface area contributed by atoms with E-state index in [1.54, 1.807) is 18.2 Å². The van der Waals surface area contributed by atoms with Gasteiger partial charge in [0.1, 0.15) is 28.4 Å². The molecule has 22 heteroatoms. The number of nitro benzene ring substituents is 2. The Morgan fingerprint density at radius 1 is 0.590 bits per heavy atom. The van der Waals surface area contributed by atoms with Crippen molar-refractivity contribution in [1.29, 1.82) is 0 Å². The number of nitro groups is 2. The standard InChI is InChI=1S/C28H30FN5O2.C28H30N8O2.N3.Na/c1-28(2,3)21-10-8-20(9-11-21)27-30-23-5-4-6-25(26(23)31-27)33-15-13-32(14-16-33)18-19-7-12-24(34(35)36)22(29)17-19;1-28(2,3)21-10-8-20(9-11-21)27-30-22-5-4-6-25(26(22)31-27)35-15-13-34(14-16-35)18-19-7-12-24(36(37)38)23(17-19)32-33-29;1-3-2;/h4-12,17H,13-16,18H2,1-3H3,(H,30,31);4-12,17H,13-16,18H2,1-3H3,(H,30,31);;/q;;-1;+1. The van der Waals surface area contributed by atoms with Gasteiger partial charge in [0.2, 0.25) is 5.82 Å². The number of piperazine rings is 2. The Bertz CT molecular complexity index is 3490. The fourth-order valence-corrected chi connectivity index (χ4v) is 9.63. The van der Waals surface area contributed by atoms with Crippen molar-refractivity contribution in [3.8, 4) is 22.8 Å². The van der Waals surface area contributed by atoms with Crippen LogP contribution in [0.25, 0.3) is 71.3 Å². The average Bonchev–Trinajstić information content (AvgIpc) is 4.09. The molecule has 0 bridgehead atoms. The van der Waals surface area contributed by atoms with Gasteiger partial charge in [0, 0.05) is 93.6 Å². The molecule has 0 spiro atoms. The number of anilines is 2. The van der Waals surface area contributed by atoms with E-state index in [0.29, 0.717) is 13.1 Å². The van der Waals surface area contributed by atoms with Crippen molar-refractivity contribution in [2.75, 3.05) is 62.2 Å². The zero-order valence-corrected chi connectivity index (χ0v) is 46.9. The smallest absolute Gasteiger partial charge is 0.373 e. The number of H-pyrrole nitrogens is 2. The Morgan fingerprint density at radius 2 is 0.987 bits per heavy atom. The first-order valence-electron chi connectivity index (χ1n) is 25.2. The molecule has 2 aromatic heterocycles. The second-order valence-corrected chi connectivity index (χ2v) is 21.1. The van der Waals surface area contributed by atoms with Crippen molar-refractivity contribution in [3.05, 3.63) is 196 Å². The molecule has 0 atom stereocenters. The molecular weight excluding hydrogens is 1000 g/mol. The Morgan fingerprint density at radius 3 is 1.36 bits per heavy atom. The normalized spacial score (nSPS) is 14.0. The van der Waals surface area contributed by atoms with Gasteiger partial charge >= 0.3 is 35.2 Å². The predicted molar refractivity (Wildman–Crippen MR) is 300 cm³/mol. The monoisotopic (exact) mass is 1060 g/mol.